The lowest BCUT2D eigenvalue weighted by Gasteiger charge is -2.23. The van der Waals surface area contributed by atoms with Crippen molar-refractivity contribution in [2.75, 3.05) is 10.6 Å². The number of nitrogens with two attached hydrogens (primary N) is 1. The van der Waals surface area contributed by atoms with E-state index in [1.165, 1.54) is 12.1 Å². The van der Waals surface area contributed by atoms with E-state index < -0.39 is 12.0 Å². The lowest BCUT2D eigenvalue weighted by atomic mass is 10.1. The standard InChI is InChI=1S/C17H15N3O4/c1-9-16(22)20-13-7-4-11(8-14(13)24-9)17(23)19-12-5-2-10(3-6-12)15(18)21/h2-9H,1H3,(H2,18,21)(H,19,23)(H,20,22). The van der Waals surface area contributed by atoms with Crippen molar-refractivity contribution in [2.45, 2.75) is 13.0 Å². The van der Waals surface area contributed by atoms with Gasteiger partial charge in [0.05, 0.1) is 5.69 Å². The van der Waals surface area contributed by atoms with E-state index in [1.54, 1.807) is 37.3 Å². The third-order valence-electron chi connectivity index (χ3n) is 3.60. The molecule has 1 unspecified atom stereocenters. The van der Waals surface area contributed by atoms with E-state index in [1.807, 2.05) is 0 Å². The van der Waals surface area contributed by atoms with Crippen LogP contribution >= 0.6 is 0 Å². The van der Waals surface area contributed by atoms with E-state index in [4.69, 9.17) is 10.5 Å². The number of benzene rings is 2. The maximum atomic E-state index is 12.3. The molecule has 0 aliphatic carbocycles. The molecule has 2 aromatic rings. The molecule has 1 aliphatic heterocycles. The summed E-state index contributed by atoms with van der Waals surface area (Å²) < 4.78 is 5.48. The Labute approximate surface area is 137 Å². The van der Waals surface area contributed by atoms with Gasteiger partial charge in [0.15, 0.2) is 6.10 Å². The maximum Gasteiger partial charge on any atom is 0.265 e. The number of hydrogen-bond acceptors (Lipinski definition) is 4. The Morgan fingerprint density at radius 1 is 1.12 bits per heavy atom. The van der Waals surface area contributed by atoms with Crippen LogP contribution < -0.4 is 21.1 Å². The molecular formula is C17H15N3O4. The molecule has 4 N–H and O–H groups in total. The summed E-state index contributed by atoms with van der Waals surface area (Å²) in [5.41, 5.74) is 6.98. The van der Waals surface area contributed by atoms with Gasteiger partial charge >= 0.3 is 0 Å². The first-order valence-corrected chi connectivity index (χ1v) is 7.27. The van der Waals surface area contributed by atoms with Crippen LogP contribution in [0.4, 0.5) is 11.4 Å². The van der Waals surface area contributed by atoms with Crippen molar-refractivity contribution >= 4 is 29.1 Å². The minimum atomic E-state index is -0.614. The average Bonchev–Trinajstić information content (AvgIpc) is 2.56. The van der Waals surface area contributed by atoms with Crippen molar-refractivity contribution in [2.24, 2.45) is 5.73 Å². The smallest absolute Gasteiger partial charge is 0.265 e. The number of nitrogens with one attached hydrogen (secondary N) is 2. The van der Waals surface area contributed by atoms with Gasteiger partial charge in [0.2, 0.25) is 5.91 Å². The van der Waals surface area contributed by atoms with Gasteiger partial charge in [-0.25, -0.2) is 0 Å². The Hall–Kier alpha value is -3.35. The number of carbonyl (C=O) groups is 3. The zero-order valence-electron chi connectivity index (χ0n) is 12.8. The second kappa shape index (κ2) is 6.04. The summed E-state index contributed by atoms with van der Waals surface area (Å²) in [5, 5.41) is 5.42. The van der Waals surface area contributed by atoms with Crippen LogP contribution in [0.1, 0.15) is 27.6 Å². The molecule has 1 atom stereocenters. The van der Waals surface area contributed by atoms with Crippen molar-refractivity contribution < 1.29 is 19.1 Å². The lowest BCUT2D eigenvalue weighted by molar-refractivity contribution is -0.122. The van der Waals surface area contributed by atoms with Crippen LogP contribution in [0.3, 0.4) is 0 Å². The number of amides is 3. The first-order chi connectivity index (χ1) is 11.4. The highest BCUT2D eigenvalue weighted by Gasteiger charge is 2.24. The summed E-state index contributed by atoms with van der Waals surface area (Å²) >= 11 is 0. The predicted molar refractivity (Wildman–Crippen MR) is 88.1 cm³/mol. The zero-order valence-corrected chi connectivity index (χ0v) is 12.8. The van der Waals surface area contributed by atoms with Gasteiger partial charge in [-0.05, 0) is 49.4 Å². The Balaban J connectivity index is 1.77. The van der Waals surface area contributed by atoms with E-state index in [-0.39, 0.29) is 11.8 Å². The summed E-state index contributed by atoms with van der Waals surface area (Å²) in [5.74, 6) is -0.651. The molecule has 122 valence electrons. The first-order valence-electron chi connectivity index (χ1n) is 7.27. The molecule has 3 amide bonds. The molecule has 7 nitrogen and oxygen atoms in total. The van der Waals surface area contributed by atoms with Crippen LogP contribution in [-0.4, -0.2) is 23.8 Å². The van der Waals surface area contributed by atoms with Gasteiger partial charge in [-0.15, -0.1) is 0 Å². The highest BCUT2D eigenvalue weighted by Crippen LogP contribution is 2.30. The summed E-state index contributed by atoms with van der Waals surface area (Å²) in [6.45, 7) is 1.63. The highest BCUT2D eigenvalue weighted by atomic mass is 16.5. The number of fused-ring (bicyclic) bond motifs is 1. The fourth-order valence-electron chi connectivity index (χ4n) is 2.26. The van der Waals surface area contributed by atoms with Crippen molar-refractivity contribution in [1.29, 1.82) is 0 Å². The molecular weight excluding hydrogens is 310 g/mol. The normalized spacial score (nSPS) is 15.7. The molecule has 0 saturated carbocycles. The molecule has 0 spiro atoms. The highest BCUT2D eigenvalue weighted by molar-refractivity contribution is 6.06. The van der Waals surface area contributed by atoms with Crippen LogP contribution in [0, 0.1) is 0 Å². The molecule has 0 fully saturated rings. The monoisotopic (exact) mass is 325 g/mol. The van der Waals surface area contributed by atoms with E-state index in [2.05, 4.69) is 10.6 Å². The Morgan fingerprint density at radius 3 is 2.46 bits per heavy atom. The van der Waals surface area contributed by atoms with Crippen LogP contribution in [0.5, 0.6) is 5.75 Å². The second-order valence-corrected chi connectivity index (χ2v) is 5.36. The number of primary amides is 1. The second-order valence-electron chi connectivity index (χ2n) is 5.36. The molecule has 3 rings (SSSR count). The molecule has 24 heavy (non-hydrogen) atoms. The van der Waals surface area contributed by atoms with Crippen molar-refractivity contribution in [3.05, 3.63) is 53.6 Å². The third-order valence-corrected chi connectivity index (χ3v) is 3.60. The molecule has 7 heteroatoms. The molecule has 0 saturated heterocycles. The molecule has 0 bridgehead atoms. The molecule has 0 aromatic heterocycles. The first kappa shape index (κ1) is 15.5. The lowest BCUT2D eigenvalue weighted by Crippen LogP contribution is -2.34. The van der Waals surface area contributed by atoms with Gasteiger partial charge in [-0.2, -0.15) is 0 Å². The van der Waals surface area contributed by atoms with Crippen molar-refractivity contribution in [3.63, 3.8) is 0 Å². The predicted octanol–water partition coefficient (Wildman–Crippen LogP) is 1.76. The number of ether oxygens (including phenoxy) is 1. The van der Waals surface area contributed by atoms with Gasteiger partial charge in [-0.3, -0.25) is 14.4 Å². The van der Waals surface area contributed by atoms with Crippen LogP contribution in [0.2, 0.25) is 0 Å². The van der Waals surface area contributed by atoms with Crippen LogP contribution in [0.25, 0.3) is 0 Å². The Bertz CT molecular complexity index is 830. The largest absolute Gasteiger partial charge is 0.479 e. The zero-order chi connectivity index (χ0) is 17.3. The van der Waals surface area contributed by atoms with E-state index in [0.29, 0.717) is 28.3 Å². The Kier molecular flexibility index (Phi) is 3.91. The third kappa shape index (κ3) is 3.05. The summed E-state index contributed by atoms with van der Waals surface area (Å²) in [6, 6.07) is 11.0. The van der Waals surface area contributed by atoms with Crippen LogP contribution in [-0.2, 0) is 4.79 Å². The van der Waals surface area contributed by atoms with Gasteiger partial charge in [0.25, 0.3) is 11.8 Å². The van der Waals surface area contributed by atoms with E-state index in [9.17, 15) is 14.4 Å². The van der Waals surface area contributed by atoms with Gasteiger partial charge in [0.1, 0.15) is 5.75 Å². The maximum absolute atomic E-state index is 12.3. The van der Waals surface area contributed by atoms with E-state index >= 15 is 0 Å². The molecule has 1 heterocycles. The number of anilines is 2. The van der Waals surface area contributed by atoms with Crippen molar-refractivity contribution in [3.8, 4) is 5.75 Å². The molecule has 2 aromatic carbocycles. The summed E-state index contributed by atoms with van der Waals surface area (Å²) in [4.78, 5) is 34.9. The summed E-state index contributed by atoms with van der Waals surface area (Å²) in [6.07, 6.45) is -0.614. The summed E-state index contributed by atoms with van der Waals surface area (Å²) in [7, 11) is 0. The fraction of sp³-hybridized carbons (Fsp3) is 0.118. The molecule has 1 aliphatic rings. The number of hydrogen-bond donors (Lipinski definition) is 3. The average molecular weight is 325 g/mol. The minimum absolute atomic E-state index is 0.228. The topological polar surface area (TPSA) is 111 Å². The Morgan fingerprint density at radius 2 is 1.79 bits per heavy atom. The number of rotatable bonds is 3. The molecule has 0 radical (unpaired) electrons. The van der Waals surface area contributed by atoms with Crippen LogP contribution in [0.15, 0.2) is 42.5 Å². The quantitative estimate of drug-likeness (QED) is 0.798. The minimum Gasteiger partial charge on any atom is -0.479 e. The van der Waals surface area contributed by atoms with Gasteiger partial charge in [-0.1, -0.05) is 0 Å². The number of carbonyl (C=O) groups excluding carboxylic acids is 3. The van der Waals surface area contributed by atoms with E-state index in [0.717, 1.165) is 0 Å². The SMILES string of the molecule is CC1Oc2cc(C(=O)Nc3ccc(C(N)=O)cc3)ccc2NC1=O. The van der Waals surface area contributed by atoms with Gasteiger partial charge < -0.3 is 21.1 Å². The fourth-order valence-corrected chi connectivity index (χ4v) is 2.26. The van der Waals surface area contributed by atoms with Gasteiger partial charge in [0, 0.05) is 16.8 Å². The van der Waals surface area contributed by atoms with Crippen molar-refractivity contribution in [1.82, 2.24) is 0 Å².